The van der Waals surface area contributed by atoms with Gasteiger partial charge < -0.3 is 19.3 Å². The van der Waals surface area contributed by atoms with Gasteiger partial charge in [0.1, 0.15) is 0 Å². The van der Waals surface area contributed by atoms with E-state index in [9.17, 15) is 9.90 Å². The van der Waals surface area contributed by atoms with Crippen LogP contribution in [-0.2, 0) is 19.0 Å². The Hall–Kier alpha value is -0.650. The zero-order chi connectivity index (χ0) is 25.0. The van der Waals surface area contributed by atoms with E-state index in [1.54, 1.807) is 0 Å². The Morgan fingerprint density at radius 3 is 2.40 bits per heavy atom. The van der Waals surface area contributed by atoms with E-state index in [-0.39, 0.29) is 11.7 Å². The molecule has 0 aromatic rings. The predicted octanol–water partition coefficient (Wildman–Crippen LogP) is 6.54. The maximum atomic E-state index is 11.2. The Bertz CT molecular complexity index is 777. The van der Waals surface area contributed by atoms with Crippen molar-refractivity contribution < 1.29 is 24.1 Å². The highest BCUT2D eigenvalue weighted by Crippen LogP contribution is 2.69. The van der Waals surface area contributed by atoms with Crippen LogP contribution in [0.3, 0.4) is 0 Å². The largest absolute Gasteiger partial charge is 0.481 e. The number of rotatable bonds is 7. The van der Waals surface area contributed by atoms with Crippen molar-refractivity contribution in [1.82, 2.24) is 0 Å². The van der Waals surface area contributed by atoms with Gasteiger partial charge in [-0.05, 0) is 91.3 Å². The summed E-state index contributed by atoms with van der Waals surface area (Å²) in [5, 5.41) is 9.25. The normalized spacial score (nSPS) is 46.0. The molecule has 5 fully saturated rings. The lowest BCUT2D eigenvalue weighted by atomic mass is 9.43. The standard InChI is InChI=1S/C30H50O5/c1-19(7-6-8-20(2)27(31)32)22-9-10-23-26-24(11-12-29(22,23)4)28(3)13-14-30(34-15-16-35-30)18-21(28)17-25(26)33-5/h19-26H,6-18H2,1-5H3,(H,31,32)/t19-,20?,21+,22?,23?,24?,25-,26?,28?,29?/m1/s1. The highest BCUT2D eigenvalue weighted by atomic mass is 16.7. The van der Waals surface area contributed by atoms with E-state index in [1.807, 2.05) is 14.0 Å². The van der Waals surface area contributed by atoms with Gasteiger partial charge in [-0.3, -0.25) is 4.79 Å². The molecule has 10 atom stereocenters. The first-order valence-corrected chi connectivity index (χ1v) is 14.7. The third-order valence-electron chi connectivity index (χ3n) is 12.3. The number of methoxy groups -OCH3 is 1. The number of ether oxygens (including phenoxy) is 3. The van der Waals surface area contributed by atoms with Crippen LogP contribution in [0.15, 0.2) is 0 Å². The van der Waals surface area contributed by atoms with E-state index in [1.165, 1.54) is 32.1 Å². The van der Waals surface area contributed by atoms with Crippen molar-refractivity contribution in [3.8, 4) is 0 Å². The number of fused-ring (bicyclic) bond motifs is 5. The Morgan fingerprint density at radius 2 is 1.71 bits per heavy atom. The summed E-state index contributed by atoms with van der Waals surface area (Å²) in [6.07, 6.45) is 13.2. The van der Waals surface area contributed by atoms with Gasteiger partial charge >= 0.3 is 5.97 Å². The second-order valence-corrected chi connectivity index (χ2v) is 13.7. The van der Waals surface area contributed by atoms with Gasteiger partial charge in [-0.2, -0.15) is 0 Å². The van der Waals surface area contributed by atoms with Crippen molar-refractivity contribution in [2.45, 2.75) is 110 Å². The van der Waals surface area contributed by atoms with Crippen molar-refractivity contribution in [2.24, 2.45) is 52.3 Å². The van der Waals surface area contributed by atoms with Crippen molar-refractivity contribution in [1.29, 1.82) is 0 Å². The molecule has 5 nitrogen and oxygen atoms in total. The molecule has 5 aliphatic rings. The molecule has 1 N–H and O–H groups in total. The van der Waals surface area contributed by atoms with Crippen LogP contribution in [0.4, 0.5) is 0 Å². The van der Waals surface area contributed by atoms with Gasteiger partial charge in [0.05, 0.1) is 25.2 Å². The monoisotopic (exact) mass is 490 g/mol. The molecule has 1 heterocycles. The van der Waals surface area contributed by atoms with Crippen LogP contribution in [0.2, 0.25) is 0 Å². The Balaban J connectivity index is 1.31. The van der Waals surface area contributed by atoms with E-state index in [0.29, 0.717) is 34.7 Å². The smallest absolute Gasteiger partial charge is 0.306 e. The van der Waals surface area contributed by atoms with Crippen LogP contribution >= 0.6 is 0 Å². The molecule has 0 radical (unpaired) electrons. The van der Waals surface area contributed by atoms with Gasteiger partial charge in [0.25, 0.3) is 0 Å². The van der Waals surface area contributed by atoms with Crippen molar-refractivity contribution in [3.05, 3.63) is 0 Å². The van der Waals surface area contributed by atoms with Crippen LogP contribution < -0.4 is 0 Å². The summed E-state index contributed by atoms with van der Waals surface area (Å²) in [6, 6.07) is 0. The van der Waals surface area contributed by atoms with Gasteiger partial charge in [-0.1, -0.05) is 40.5 Å². The fourth-order valence-electron chi connectivity index (χ4n) is 10.2. The first-order valence-electron chi connectivity index (χ1n) is 14.7. The van der Waals surface area contributed by atoms with E-state index in [2.05, 4.69) is 20.8 Å². The molecule has 4 aliphatic carbocycles. The molecular formula is C30H50O5. The number of carboxylic acids is 1. The molecule has 0 aromatic heterocycles. The molecule has 5 heteroatoms. The van der Waals surface area contributed by atoms with E-state index >= 15 is 0 Å². The minimum Gasteiger partial charge on any atom is -0.481 e. The van der Waals surface area contributed by atoms with Crippen LogP contribution in [0.5, 0.6) is 0 Å². The Morgan fingerprint density at radius 1 is 1.00 bits per heavy atom. The van der Waals surface area contributed by atoms with Crippen molar-refractivity contribution >= 4 is 5.97 Å². The molecular weight excluding hydrogens is 440 g/mol. The zero-order valence-electron chi connectivity index (χ0n) is 22.9. The molecule has 1 saturated heterocycles. The fraction of sp³-hybridized carbons (Fsp3) is 0.967. The first kappa shape index (κ1) is 26.0. The molecule has 1 spiro atoms. The Kier molecular flexibility index (Phi) is 7.11. The van der Waals surface area contributed by atoms with Crippen LogP contribution in [0.25, 0.3) is 0 Å². The molecule has 0 bridgehead atoms. The highest BCUT2D eigenvalue weighted by molar-refractivity contribution is 5.69. The third-order valence-corrected chi connectivity index (χ3v) is 12.3. The summed E-state index contributed by atoms with van der Waals surface area (Å²) < 4.78 is 18.7. The van der Waals surface area contributed by atoms with Gasteiger partial charge in [0, 0.05) is 20.0 Å². The topological polar surface area (TPSA) is 65.0 Å². The van der Waals surface area contributed by atoms with Gasteiger partial charge in [0.15, 0.2) is 5.79 Å². The molecule has 7 unspecified atom stereocenters. The number of carboxylic acid groups (broad SMARTS) is 1. The quantitative estimate of drug-likeness (QED) is 0.439. The van der Waals surface area contributed by atoms with E-state index < -0.39 is 5.97 Å². The molecule has 5 rings (SSSR count). The average molecular weight is 491 g/mol. The van der Waals surface area contributed by atoms with E-state index in [4.69, 9.17) is 14.2 Å². The molecule has 0 aromatic carbocycles. The zero-order valence-corrected chi connectivity index (χ0v) is 22.9. The van der Waals surface area contributed by atoms with Crippen molar-refractivity contribution in [2.75, 3.05) is 20.3 Å². The molecule has 1 aliphatic heterocycles. The minimum atomic E-state index is -0.654. The SMILES string of the molecule is CO[C@@H]1C[C@H]2CC3(CCC2(C)C2CCC4(C)C(CCC4[C@H](C)CCCC(C)C(=O)O)C21)OCCO3. The minimum absolute atomic E-state index is 0.224. The van der Waals surface area contributed by atoms with Crippen LogP contribution in [-0.4, -0.2) is 43.3 Å². The van der Waals surface area contributed by atoms with Gasteiger partial charge in [-0.15, -0.1) is 0 Å². The summed E-state index contributed by atoms with van der Waals surface area (Å²) in [5.41, 5.74) is 0.769. The lowest BCUT2D eigenvalue weighted by Crippen LogP contribution is -2.60. The summed E-state index contributed by atoms with van der Waals surface area (Å²) in [4.78, 5) is 11.2. The lowest BCUT2D eigenvalue weighted by molar-refractivity contribution is -0.245. The number of hydrogen-bond donors (Lipinski definition) is 1. The molecule has 4 saturated carbocycles. The molecule has 200 valence electrons. The second-order valence-electron chi connectivity index (χ2n) is 13.7. The molecule has 0 amide bonds. The summed E-state index contributed by atoms with van der Waals surface area (Å²) in [6.45, 7) is 11.0. The first-order chi connectivity index (χ1) is 16.6. The fourth-order valence-corrected chi connectivity index (χ4v) is 10.2. The predicted molar refractivity (Wildman–Crippen MR) is 136 cm³/mol. The number of hydrogen-bond acceptors (Lipinski definition) is 4. The summed E-state index contributed by atoms with van der Waals surface area (Å²) in [5.74, 6) is 3.02. The van der Waals surface area contributed by atoms with Crippen LogP contribution in [0.1, 0.15) is 98.3 Å². The third kappa shape index (κ3) is 4.30. The lowest BCUT2D eigenvalue weighted by Gasteiger charge is -2.63. The van der Waals surface area contributed by atoms with Crippen molar-refractivity contribution in [3.63, 3.8) is 0 Å². The second kappa shape index (κ2) is 9.58. The average Bonchev–Trinajstić information content (AvgIpc) is 3.43. The molecule has 35 heavy (non-hydrogen) atoms. The van der Waals surface area contributed by atoms with Crippen LogP contribution in [0, 0.1) is 52.3 Å². The van der Waals surface area contributed by atoms with E-state index in [0.717, 1.165) is 69.5 Å². The number of carbonyl (C=O) groups is 1. The van der Waals surface area contributed by atoms with Gasteiger partial charge in [-0.25, -0.2) is 0 Å². The Labute approximate surface area is 213 Å². The van der Waals surface area contributed by atoms with Gasteiger partial charge in [0.2, 0.25) is 0 Å². The summed E-state index contributed by atoms with van der Waals surface area (Å²) >= 11 is 0. The summed E-state index contributed by atoms with van der Waals surface area (Å²) in [7, 11) is 1.95. The number of aliphatic carboxylic acids is 1. The highest BCUT2D eigenvalue weighted by Gasteiger charge is 2.64. The maximum Gasteiger partial charge on any atom is 0.306 e. The maximum absolute atomic E-state index is 11.2.